The normalized spacial score (nSPS) is 15.5. The second-order valence-electron chi connectivity index (χ2n) is 6.90. The van der Waals surface area contributed by atoms with Gasteiger partial charge in [-0.2, -0.15) is 0 Å². The van der Waals surface area contributed by atoms with E-state index in [2.05, 4.69) is 9.88 Å². The number of benzene rings is 1. The van der Waals surface area contributed by atoms with Gasteiger partial charge in [-0.25, -0.2) is 9.37 Å². The van der Waals surface area contributed by atoms with Crippen LogP contribution in [0.5, 0.6) is 0 Å². The zero-order valence-electron chi connectivity index (χ0n) is 15.5. The minimum absolute atomic E-state index is 0.121. The summed E-state index contributed by atoms with van der Waals surface area (Å²) in [5.74, 6) is -0.0412. The number of hydrogen-bond donors (Lipinski definition) is 0. The van der Waals surface area contributed by atoms with Crippen molar-refractivity contribution < 1.29 is 9.18 Å². The fourth-order valence-electron chi connectivity index (χ4n) is 3.41. The second kappa shape index (κ2) is 8.94. The molecule has 1 saturated heterocycles. The summed E-state index contributed by atoms with van der Waals surface area (Å²) in [7, 11) is 0. The van der Waals surface area contributed by atoms with E-state index in [0.717, 1.165) is 41.6 Å². The average Bonchev–Trinajstić information content (AvgIpc) is 3.32. The molecule has 2 aromatic heterocycles. The molecule has 1 aromatic carbocycles. The van der Waals surface area contributed by atoms with Crippen molar-refractivity contribution in [2.45, 2.75) is 19.4 Å². The van der Waals surface area contributed by atoms with Crippen LogP contribution < -0.4 is 0 Å². The number of carbonyl (C=O) groups is 1. The van der Waals surface area contributed by atoms with E-state index >= 15 is 0 Å². The van der Waals surface area contributed by atoms with Crippen molar-refractivity contribution >= 4 is 28.6 Å². The van der Waals surface area contributed by atoms with Crippen LogP contribution in [0, 0.1) is 5.82 Å². The lowest BCUT2D eigenvalue weighted by molar-refractivity contribution is -0.130. The molecule has 3 heterocycles. The number of amides is 1. The lowest BCUT2D eigenvalue weighted by Gasteiger charge is -2.22. The maximum absolute atomic E-state index is 13.9. The molecule has 28 heavy (non-hydrogen) atoms. The number of rotatable bonds is 5. The van der Waals surface area contributed by atoms with E-state index in [1.54, 1.807) is 28.7 Å². The van der Waals surface area contributed by atoms with Crippen molar-refractivity contribution in [3.8, 4) is 9.88 Å². The van der Waals surface area contributed by atoms with Gasteiger partial charge in [0.2, 0.25) is 5.91 Å². The molecule has 0 bridgehead atoms. The largest absolute Gasteiger partial charge is 0.341 e. The molecule has 0 aliphatic carbocycles. The minimum atomic E-state index is -0.162. The zero-order chi connectivity index (χ0) is 19.3. The van der Waals surface area contributed by atoms with Gasteiger partial charge in [-0.1, -0.05) is 24.3 Å². The van der Waals surface area contributed by atoms with Gasteiger partial charge < -0.3 is 4.90 Å². The van der Waals surface area contributed by atoms with Crippen molar-refractivity contribution in [1.29, 1.82) is 0 Å². The summed E-state index contributed by atoms with van der Waals surface area (Å²) >= 11 is 3.25. The van der Waals surface area contributed by atoms with E-state index in [4.69, 9.17) is 0 Å². The summed E-state index contributed by atoms with van der Waals surface area (Å²) < 4.78 is 13.9. The summed E-state index contributed by atoms with van der Waals surface area (Å²) in [4.78, 5) is 22.7. The predicted molar refractivity (Wildman–Crippen MR) is 112 cm³/mol. The van der Waals surface area contributed by atoms with Crippen molar-refractivity contribution in [3.05, 3.63) is 64.2 Å². The van der Waals surface area contributed by atoms with E-state index in [0.29, 0.717) is 25.1 Å². The fourth-order valence-corrected chi connectivity index (χ4v) is 5.05. The smallest absolute Gasteiger partial charge is 0.228 e. The molecule has 0 radical (unpaired) electrons. The maximum atomic E-state index is 13.9. The van der Waals surface area contributed by atoms with Crippen LogP contribution in [0.25, 0.3) is 9.88 Å². The Bertz CT molecular complexity index is 925. The third-order valence-electron chi connectivity index (χ3n) is 4.91. The highest BCUT2D eigenvalue weighted by Crippen LogP contribution is 2.28. The first-order valence-corrected chi connectivity index (χ1v) is 11.2. The van der Waals surface area contributed by atoms with Gasteiger partial charge in [0.1, 0.15) is 10.8 Å². The Balaban J connectivity index is 1.32. The van der Waals surface area contributed by atoms with E-state index in [1.807, 2.05) is 39.9 Å². The monoisotopic (exact) mass is 415 g/mol. The Labute approximate surface area is 172 Å². The molecular weight excluding hydrogens is 393 g/mol. The molecular formula is C21H22FN3OS2. The molecule has 3 aromatic rings. The van der Waals surface area contributed by atoms with Crippen molar-refractivity contribution in [2.75, 3.05) is 26.2 Å². The molecule has 1 fully saturated rings. The van der Waals surface area contributed by atoms with Gasteiger partial charge in [0, 0.05) is 43.7 Å². The van der Waals surface area contributed by atoms with Gasteiger partial charge >= 0.3 is 0 Å². The molecule has 0 unspecified atom stereocenters. The molecule has 1 amide bonds. The summed E-state index contributed by atoms with van der Waals surface area (Å²) in [6, 6.07) is 11.0. The topological polar surface area (TPSA) is 36.4 Å². The number of aromatic nitrogens is 1. The molecule has 1 aliphatic heterocycles. The highest BCUT2D eigenvalue weighted by Gasteiger charge is 2.21. The standard InChI is InChI=1S/C21H22FN3OS2/c22-18-6-2-1-5-16(18)14-24-8-4-9-25(11-10-24)20(26)13-17-15-28-21(23-17)19-7-3-12-27-19/h1-3,5-7,12,15H,4,8-11,13-14H2. The number of halogens is 1. The van der Waals surface area contributed by atoms with Crippen LogP contribution in [-0.2, 0) is 17.8 Å². The highest BCUT2D eigenvalue weighted by molar-refractivity contribution is 7.20. The quantitative estimate of drug-likeness (QED) is 0.624. The molecule has 0 N–H and O–H groups in total. The van der Waals surface area contributed by atoms with Gasteiger partial charge in [0.05, 0.1) is 17.0 Å². The minimum Gasteiger partial charge on any atom is -0.341 e. The van der Waals surface area contributed by atoms with E-state index in [1.165, 1.54) is 6.07 Å². The number of hydrogen-bond acceptors (Lipinski definition) is 5. The molecule has 1 aliphatic rings. The Morgan fingerprint density at radius 2 is 1.96 bits per heavy atom. The molecule has 7 heteroatoms. The third kappa shape index (κ3) is 4.66. The fraction of sp³-hybridized carbons (Fsp3) is 0.333. The lowest BCUT2D eigenvalue weighted by Crippen LogP contribution is -2.36. The number of carbonyl (C=O) groups excluding carboxylic acids is 1. The van der Waals surface area contributed by atoms with E-state index < -0.39 is 0 Å². The van der Waals surface area contributed by atoms with Gasteiger partial charge in [0.25, 0.3) is 0 Å². The summed E-state index contributed by atoms with van der Waals surface area (Å²) in [6.07, 6.45) is 1.24. The van der Waals surface area contributed by atoms with E-state index in [9.17, 15) is 9.18 Å². The van der Waals surface area contributed by atoms with Crippen molar-refractivity contribution in [1.82, 2.24) is 14.8 Å². The Morgan fingerprint density at radius 1 is 1.07 bits per heavy atom. The van der Waals surface area contributed by atoms with Crippen LogP contribution >= 0.6 is 22.7 Å². The van der Waals surface area contributed by atoms with Crippen LogP contribution in [0.3, 0.4) is 0 Å². The summed E-state index contributed by atoms with van der Waals surface area (Å²) in [6.45, 7) is 3.64. The van der Waals surface area contributed by atoms with Crippen LogP contribution in [0.1, 0.15) is 17.7 Å². The molecule has 0 saturated carbocycles. The highest BCUT2D eigenvalue weighted by atomic mass is 32.1. The third-order valence-corrected chi connectivity index (χ3v) is 6.84. The zero-order valence-corrected chi connectivity index (χ0v) is 17.1. The maximum Gasteiger partial charge on any atom is 0.228 e. The van der Waals surface area contributed by atoms with Gasteiger partial charge in [-0.3, -0.25) is 9.69 Å². The lowest BCUT2D eigenvalue weighted by atomic mass is 10.2. The molecule has 4 rings (SSSR count). The summed E-state index contributed by atoms with van der Waals surface area (Å²) in [5.41, 5.74) is 1.55. The van der Waals surface area contributed by atoms with Gasteiger partial charge in [-0.15, -0.1) is 22.7 Å². The van der Waals surface area contributed by atoms with E-state index in [-0.39, 0.29) is 11.7 Å². The first-order chi connectivity index (χ1) is 13.7. The summed E-state index contributed by atoms with van der Waals surface area (Å²) in [5, 5.41) is 4.99. The number of thiazole rings is 1. The SMILES string of the molecule is O=C(Cc1csc(-c2cccs2)n1)N1CCCN(Cc2ccccc2F)CC1. The van der Waals surface area contributed by atoms with Crippen LogP contribution in [-0.4, -0.2) is 46.9 Å². The molecule has 146 valence electrons. The molecule has 0 atom stereocenters. The average molecular weight is 416 g/mol. The van der Waals surface area contributed by atoms with Gasteiger partial charge in [0.15, 0.2) is 0 Å². The van der Waals surface area contributed by atoms with Crippen LogP contribution in [0.4, 0.5) is 4.39 Å². The first-order valence-electron chi connectivity index (χ1n) is 9.41. The first kappa shape index (κ1) is 19.2. The second-order valence-corrected chi connectivity index (χ2v) is 8.71. The van der Waals surface area contributed by atoms with Crippen molar-refractivity contribution in [2.24, 2.45) is 0 Å². The van der Waals surface area contributed by atoms with Crippen LogP contribution in [0.2, 0.25) is 0 Å². The Hall–Kier alpha value is -2.09. The molecule has 4 nitrogen and oxygen atoms in total. The predicted octanol–water partition coefficient (Wildman–Crippen LogP) is 4.29. The van der Waals surface area contributed by atoms with Crippen LogP contribution in [0.15, 0.2) is 47.2 Å². The Morgan fingerprint density at radius 3 is 2.79 bits per heavy atom. The Kier molecular flexibility index (Phi) is 6.14. The van der Waals surface area contributed by atoms with Crippen molar-refractivity contribution in [3.63, 3.8) is 0 Å². The van der Waals surface area contributed by atoms with Gasteiger partial charge in [-0.05, 0) is 23.9 Å². The molecule has 0 spiro atoms. The number of thiophene rings is 1. The number of nitrogens with zero attached hydrogens (tertiary/aromatic N) is 3.